The van der Waals surface area contributed by atoms with Crippen LogP contribution in [0.4, 0.5) is 14.4 Å². The van der Waals surface area contributed by atoms with Crippen molar-refractivity contribution in [1.82, 2.24) is 31.5 Å². The van der Waals surface area contributed by atoms with Crippen molar-refractivity contribution in [2.75, 3.05) is 19.6 Å². The van der Waals surface area contributed by atoms with Crippen LogP contribution in [0.2, 0.25) is 0 Å². The van der Waals surface area contributed by atoms with Crippen molar-refractivity contribution >= 4 is 18.1 Å². The predicted molar refractivity (Wildman–Crippen MR) is 107 cm³/mol. The van der Waals surface area contributed by atoms with Gasteiger partial charge in [-0.15, -0.1) is 0 Å². The molecular formula is C19H30N6O3. The highest BCUT2D eigenvalue weighted by Crippen LogP contribution is 2.09. The summed E-state index contributed by atoms with van der Waals surface area (Å²) in [4.78, 5) is 38.5. The largest absolute Gasteiger partial charge is 0.336 e. The first-order chi connectivity index (χ1) is 13.3. The van der Waals surface area contributed by atoms with Gasteiger partial charge in [0.15, 0.2) is 0 Å². The Bertz CT molecular complexity index is 669. The molecule has 1 aromatic carbocycles. The summed E-state index contributed by atoms with van der Waals surface area (Å²) < 4.78 is 0. The topological polar surface area (TPSA) is 115 Å². The van der Waals surface area contributed by atoms with Gasteiger partial charge in [0.1, 0.15) is 0 Å². The number of rotatable bonds is 2. The van der Waals surface area contributed by atoms with Crippen LogP contribution in [0.25, 0.3) is 0 Å². The molecule has 0 aliphatic carbocycles. The van der Waals surface area contributed by atoms with Crippen LogP contribution in [-0.2, 0) is 6.54 Å². The molecular weight excluding hydrogens is 360 g/mol. The number of hydrogen-bond donors (Lipinski definition) is 5. The van der Waals surface area contributed by atoms with Gasteiger partial charge in [-0.2, -0.15) is 0 Å². The summed E-state index contributed by atoms with van der Waals surface area (Å²) in [7, 11) is 0. The van der Waals surface area contributed by atoms with Gasteiger partial charge in [0.2, 0.25) is 0 Å². The molecule has 6 amide bonds. The second-order valence-electron chi connectivity index (χ2n) is 7.16. The number of hydrogen-bond acceptors (Lipinski definition) is 3. The number of amides is 6. The minimum absolute atomic E-state index is 0.227. The minimum Gasteiger partial charge on any atom is -0.336 e. The molecule has 0 saturated carbocycles. The van der Waals surface area contributed by atoms with Crippen LogP contribution in [0.3, 0.4) is 0 Å². The fraction of sp³-hybridized carbons (Fsp3) is 0.526. The normalized spacial score (nSPS) is 25.2. The van der Waals surface area contributed by atoms with E-state index in [2.05, 4.69) is 26.6 Å². The summed E-state index contributed by atoms with van der Waals surface area (Å²) in [5, 5.41) is 13.9. The lowest BCUT2D eigenvalue weighted by atomic mass is 10.2. The SMILES string of the molecule is CC1CNC(=O)N[C@@H](C)CNC(=O)N[C@H](C)CNC(=O)N1Cc1ccccc1. The van der Waals surface area contributed by atoms with Crippen molar-refractivity contribution < 1.29 is 14.4 Å². The average molecular weight is 390 g/mol. The van der Waals surface area contributed by atoms with Crippen LogP contribution in [0.1, 0.15) is 26.3 Å². The Labute approximate surface area is 165 Å². The summed E-state index contributed by atoms with van der Waals surface area (Å²) in [6.45, 7) is 6.82. The highest BCUT2D eigenvalue weighted by atomic mass is 16.2. The molecule has 1 fully saturated rings. The molecule has 1 saturated heterocycles. The third-order valence-electron chi connectivity index (χ3n) is 4.43. The zero-order valence-corrected chi connectivity index (χ0v) is 16.6. The predicted octanol–water partition coefficient (Wildman–Crippen LogP) is 0.976. The molecule has 28 heavy (non-hydrogen) atoms. The van der Waals surface area contributed by atoms with Crippen molar-refractivity contribution in [2.24, 2.45) is 0 Å². The first kappa shape index (κ1) is 21.3. The molecule has 0 bridgehead atoms. The van der Waals surface area contributed by atoms with Gasteiger partial charge in [-0.05, 0) is 26.3 Å². The number of carbonyl (C=O) groups excluding carboxylic acids is 3. The van der Waals surface area contributed by atoms with E-state index in [1.807, 2.05) is 44.2 Å². The van der Waals surface area contributed by atoms with Crippen molar-refractivity contribution in [3.63, 3.8) is 0 Å². The maximum Gasteiger partial charge on any atom is 0.318 e. The van der Waals surface area contributed by atoms with E-state index in [-0.39, 0.29) is 36.2 Å². The van der Waals surface area contributed by atoms with Crippen LogP contribution < -0.4 is 26.6 Å². The second kappa shape index (κ2) is 10.4. The lowest BCUT2D eigenvalue weighted by Crippen LogP contribution is -2.52. The van der Waals surface area contributed by atoms with E-state index >= 15 is 0 Å². The molecule has 9 heteroatoms. The molecule has 0 radical (unpaired) electrons. The first-order valence-electron chi connectivity index (χ1n) is 9.52. The molecule has 2 rings (SSSR count). The number of urea groups is 3. The summed E-state index contributed by atoms with van der Waals surface area (Å²) in [5.74, 6) is 0. The molecule has 0 aromatic heterocycles. The molecule has 154 valence electrons. The lowest BCUT2D eigenvalue weighted by molar-refractivity contribution is 0.172. The Morgan fingerprint density at radius 3 is 1.96 bits per heavy atom. The van der Waals surface area contributed by atoms with E-state index in [0.29, 0.717) is 26.2 Å². The summed E-state index contributed by atoms with van der Waals surface area (Å²) >= 11 is 0. The van der Waals surface area contributed by atoms with E-state index < -0.39 is 0 Å². The van der Waals surface area contributed by atoms with Crippen molar-refractivity contribution in [3.8, 4) is 0 Å². The highest BCUT2D eigenvalue weighted by molar-refractivity contribution is 5.77. The number of nitrogens with zero attached hydrogens (tertiary/aromatic N) is 1. The Balaban J connectivity index is 2.13. The van der Waals surface area contributed by atoms with Gasteiger partial charge in [-0.1, -0.05) is 30.3 Å². The smallest absolute Gasteiger partial charge is 0.318 e. The van der Waals surface area contributed by atoms with Crippen molar-refractivity contribution in [2.45, 2.75) is 45.4 Å². The Kier molecular flexibility index (Phi) is 7.91. The van der Waals surface area contributed by atoms with Gasteiger partial charge in [0.05, 0.1) is 0 Å². The van der Waals surface area contributed by atoms with E-state index in [1.54, 1.807) is 11.8 Å². The Hall–Kier alpha value is -2.97. The van der Waals surface area contributed by atoms with Crippen LogP contribution in [-0.4, -0.2) is 60.8 Å². The third kappa shape index (κ3) is 6.98. The summed E-state index contributed by atoms with van der Waals surface area (Å²) in [6, 6.07) is 8.01. The van der Waals surface area contributed by atoms with Gasteiger partial charge < -0.3 is 31.5 Å². The number of carbonyl (C=O) groups is 3. The molecule has 1 aliphatic rings. The molecule has 1 aliphatic heterocycles. The van der Waals surface area contributed by atoms with Crippen LogP contribution >= 0.6 is 0 Å². The van der Waals surface area contributed by atoms with E-state index in [1.165, 1.54) is 0 Å². The zero-order chi connectivity index (χ0) is 20.5. The molecule has 5 N–H and O–H groups in total. The third-order valence-corrected chi connectivity index (χ3v) is 4.43. The van der Waals surface area contributed by atoms with Crippen molar-refractivity contribution in [3.05, 3.63) is 35.9 Å². The quantitative estimate of drug-likeness (QED) is 0.518. The van der Waals surface area contributed by atoms with Crippen LogP contribution in [0.15, 0.2) is 30.3 Å². The van der Waals surface area contributed by atoms with Crippen LogP contribution in [0.5, 0.6) is 0 Å². The fourth-order valence-electron chi connectivity index (χ4n) is 2.80. The average Bonchev–Trinajstić information content (AvgIpc) is 2.67. The zero-order valence-electron chi connectivity index (χ0n) is 16.6. The summed E-state index contributed by atoms with van der Waals surface area (Å²) in [5.41, 5.74) is 0.992. The first-order valence-corrected chi connectivity index (χ1v) is 9.52. The molecule has 1 heterocycles. The number of nitrogens with one attached hydrogen (secondary N) is 5. The standard InChI is InChI=1S/C19H30N6O3/c1-13-9-20-17(26)24-14(2)10-22-19(28)25(12-16-7-5-4-6-8-16)15(3)11-21-18(27)23-13/h4-8,13-15H,9-12H2,1-3H3,(H,22,28)(H2,20,24,26)(H2,21,23,27)/t13-,14+,15?/m0/s1. The van der Waals surface area contributed by atoms with Crippen LogP contribution in [0, 0.1) is 0 Å². The lowest BCUT2D eigenvalue weighted by Gasteiger charge is -2.30. The fourth-order valence-corrected chi connectivity index (χ4v) is 2.80. The molecule has 3 atom stereocenters. The van der Waals surface area contributed by atoms with Gasteiger partial charge in [0, 0.05) is 44.3 Å². The van der Waals surface area contributed by atoms with Gasteiger partial charge in [-0.25, -0.2) is 14.4 Å². The van der Waals surface area contributed by atoms with Crippen molar-refractivity contribution in [1.29, 1.82) is 0 Å². The monoisotopic (exact) mass is 390 g/mol. The maximum atomic E-state index is 12.8. The van der Waals surface area contributed by atoms with E-state index in [4.69, 9.17) is 0 Å². The molecule has 9 nitrogen and oxygen atoms in total. The Morgan fingerprint density at radius 1 is 0.821 bits per heavy atom. The second-order valence-corrected chi connectivity index (χ2v) is 7.16. The maximum absolute atomic E-state index is 12.8. The number of benzene rings is 1. The van der Waals surface area contributed by atoms with Gasteiger partial charge >= 0.3 is 18.1 Å². The summed E-state index contributed by atoms with van der Waals surface area (Å²) in [6.07, 6.45) is 0. The van der Waals surface area contributed by atoms with E-state index in [0.717, 1.165) is 5.56 Å². The molecule has 1 unspecified atom stereocenters. The van der Waals surface area contributed by atoms with E-state index in [9.17, 15) is 14.4 Å². The van der Waals surface area contributed by atoms with Gasteiger partial charge in [-0.3, -0.25) is 0 Å². The minimum atomic E-state index is -0.347. The molecule has 0 spiro atoms. The Morgan fingerprint density at radius 2 is 1.36 bits per heavy atom. The molecule has 1 aromatic rings. The van der Waals surface area contributed by atoms with Gasteiger partial charge in [0.25, 0.3) is 0 Å². The highest BCUT2D eigenvalue weighted by Gasteiger charge is 2.22.